The molecule has 238 valence electrons. The number of esters is 3. The number of rotatable bonds is 5. The maximum atomic E-state index is 13.7. The fourth-order valence-corrected chi connectivity index (χ4v) is 8.71. The first-order valence-corrected chi connectivity index (χ1v) is 15.0. The lowest BCUT2D eigenvalue weighted by atomic mass is 9.38. The lowest BCUT2D eigenvalue weighted by Crippen LogP contribution is -2.82. The maximum absolute atomic E-state index is 13.7. The van der Waals surface area contributed by atoms with Crippen molar-refractivity contribution in [3.05, 3.63) is 83.4 Å². The van der Waals surface area contributed by atoms with Gasteiger partial charge in [0.1, 0.15) is 17.1 Å². The SMILES string of the molecule is C[C@H]1C2=CC(=O)O[C@]2(O)C[C@@H]2[C@H]1[C@@H](OC(=O)c1ccccc1)[C@@H](OC(=O)c1ccccc1)[C@]1(O)[C@@]2(C)CC[C@H](O)[C@@]1(C)C(=O)O. The van der Waals surface area contributed by atoms with Gasteiger partial charge in [-0.3, -0.25) is 4.79 Å². The van der Waals surface area contributed by atoms with Gasteiger partial charge in [0.25, 0.3) is 0 Å². The number of aliphatic hydroxyl groups excluding tert-OH is 1. The molecule has 3 fully saturated rings. The number of benzene rings is 2. The van der Waals surface area contributed by atoms with Crippen LogP contribution in [0.5, 0.6) is 0 Å². The van der Waals surface area contributed by atoms with Crippen molar-refractivity contribution in [3.63, 3.8) is 0 Å². The average molecular weight is 621 g/mol. The second-order valence-electron chi connectivity index (χ2n) is 13.2. The minimum Gasteiger partial charge on any atom is -0.481 e. The molecule has 0 amide bonds. The molecule has 1 aliphatic heterocycles. The van der Waals surface area contributed by atoms with Crippen molar-refractivity contribution in [2.24, 2.45) is 28.6 Å². The van der Waals surface area contributed by atoms with Crippen LogP contribution in [0.4, 0.5) is 0 Å². The van der Waals surface area contributed by atoms with Gasteiger partial charge in [0, 0.05) is 29.4 Å². The van der Waals surface area contributed by atoms with Gasteiger partial charge in [0.05, 0.1) is 17.2 Å². The molecular formula is C34H36O11. The summed E-state index contributed by atoms with van der Waals surface area (Å²) in [5, 5.41) is 46.7. The number of hydrogen-bond donors (Lipinski definition) is 4. The Morgan fingerprint density at radius 3 is 2.02 bits per heavy atom. The molecule has 6 rings (SSSR count). The van der Waals surface area contributed by atoms with Crippen molar-refractivity contribution in [1.29, 1.82) is 0 Å². The standard InChI is InChI=1S/C34H36O11/c1-18-21-16-24(36)45-33(21,41)17-22-25(18)26(43-28(37)19-10-6-4-7-11-19)27(44-29(38)20-12-8-5-9-13-20)34(42)31(22,2)15-14-23(35)32(34,3)30(39)40/h4-13,16,18,22-23,25-27,35,41-42H,14-15,17H2,1-3H3,(H,39,40)/t18-,22+,23-,25-,26+,27+,31-,32-,33+,34-/m0/s1. The van der Waals surface area contributed by atoms with Crippen LogP contribution in [0.3, 0.4) is 0 Å². The number of hydrogen-bond acceptors (Lipinski definition) is 10. The topological polar surface area (TPSA) is 177 Å². The van der Waals surface area contributed by atoms with E-state index in [4.69, 9.17) is 14.2 Å². The highest BCUT2D eigenvalue weighted by atomic mass is 16.7. The van der Waals surface area contributed by atoms with Gasteiger partial charge >= 0.3 is 23.9 Å². The van der Waals surface area contributed by atoms with Gasteiger partial charge in [0.2, 0.25) is 5.79 Å². The molecule has 0 aromatic heterocycles. The maximum Gasteiger partial charge on any atom is 0.338 e. The van der Waals surface area contributed by atoms with Gasteiger partial charge in [-0.2, -0.15) is 0 Å². The van der Waals surface area contributed by atoms with Gasteiger partial charge in [-0.05, 0) is 55.9 Å². The van der Waals surface area contributed by atoms with Crippen LogP contribution in [0.2, 0.25) is 0 Å². The van der Waals surface area contributed by atoms with Crippen LogP contribution < -0.4 is 0 Å². The number of aliphatic hydroxyl groups is 3. The van der Waals surface area contributed by atoms with Gasteiger partial charge < -0.3 is 34.6 Å². The minimum absolute atomic E-state index is 0.0338. The Labute approximate surface area is 259 Å². The van der Waals surface area contributed by atoms with Crippen LogP contribution in [-0.4, -0.2) is 74.0 Å². The third-order valence-corrected chi connectivity index (χ3v) is 11.1. The highest BCUT2D eigenvalue weighted by Crippen LogP contribution is 2.69. The van der Waals surface area contributed by atoms with E-state index in [1.807, 2.05) is 0 Å². The first kappa shape index (κ1) is 30.9. The summed E-state index contributed by atoms with van der Waals surface area (Å²) in [5.74, 6) is -8.41. The van der Waals surface area contributed by atoms with E-state index in [0.717, 1.165) is 0 Å². The summed E-state index contributed by atoms with van der Waals surface area (Å²) < 4.78 is 17.6. The van der Waals surface area contributed by atoms with E-state index in [0.29, 0.717) is 0 Å². The summed E-state index contributed by atoms with van der Waals surface area (Å²) in [5.41, 5.74) is -5.85. The zero-order valence-corrected chi connectivity index (χ0v) is 25.1. The summed E-state index contributed by atoms with van der Waals surface area (Å²) in [4.78, 5) is 53.0. The molecule has 11 heteroatoms. The molecule has 3 saturated carbocycles. The third-order valence-electron chi connectivity index (χ3n) is 11.1. The number of aliphatic carboxylic acids is 1. The van der Waals surface area contributed by atoms with E-state index in [-0.39, 0.29) is 36.0 Å². The van der Waals surface area contributed by atoms with Crippen LogP contribution in [0, 0.1) is 28.6 Å². The lowest BCUT2D eigenvalue weighted by Gasteiger charge is -2.69. The summed E-state index contributed by atoms with van der Waals surface area (Å²) in [6, 6.07) is 15.9. The normalized spacial score (nSPS) is 40.1. The minimum atomic E-state index is -2.56. The highest BCUT2D eigenvalue weighted by Gasteiger charge is 2.80. The van der Waals surface area contributed by atoms with Gasteiger partial charge in [-0.15, -0.1) is 0 Å². The first-order valence-electron chi connectivity index (χ1n) is 15.0. The first-order chi connectivity index (χ1) is 21.2. The summed E-state index contributed by atoms with van der Waals surface area (Å²) >= 11 is 0. The molecule has 4 aliphatic rings. The van der Waals surface area contributed by atoms with Crippen LogP contribution >= 0.6 is 0 Å². The molecule has 0 bridgehead atoms. The van der Waals surface area contributed by atoms with Gasteiger partial charge in [-0.25, -0.2) is 14.4 Å². The van der Waals surface area contributed by atoms with E-state index >= 15 is 0 Å². The molecule has 3 aliphatic carbocycles. The van der Waals surface area contributed by atoms with E-state index in [1.165, 1.54) is 37.3 Å². The second-order valence-corrected chi connectivity index (χ2v) is 13.2. The Bertz CT molecular complexity index is 1570. The average Bonchev–Trinajstić information content (AvgIpc) is 3.34. The van der Waals surface area contributed by atoms with Crippen molar-refractivity contribution < 1.29 is 53.8 Å². The molecule has 0 spiro atoms. The van der Waals surface area contributed by atoms with Crippen LogP contribution in [0.15, 0.2) is 72.3 Å². The Balaban J connectivity index is 1.59. The smallest absolute Gasteiger partial charge is 0.338 e. The molecule has 4 N–H and O–H groups in total. The Hall–Kier alpha value is -4.06. The fourth-order valence-electron chi connectivity index (χ4n) is 8.71. The molecule has 0 saturated heterocycles. The van der Waals surface area contributed by atoms with Crippen LogP contribution in [0.25, 0.3) is 0 Å². The number of carbonyl (C=O) groups excluding carboxylic acids is 3. The number of carbonyl (C=O) groups is 4. The summed E-state index contributed by atoms with van der Waals surface area (Å²) in [6.45, 7) is 4.55. The zero-order valence-electron chi connectivity index (χ0n) is 25.1. The van der Waals surface area contributed by atoms with Gasteiger partial charge in [-0.1, -0.05) is 50.2 Å². The Morgan fingerprint density at radius 1 is 0.911 bits per heavy atom. The lowest BCUT2D eigenvalue weighted by molar-refractivity contribution is -0.339. The number of ether oxygens (including phenoxy) is 3. The predicted octanol–water partition coefficient (Wildman–Crippen LogP) is 2.88. The van der Waals surface area contributed by atoms with E-state index in [1.54, 1.807) is 50.2 Å². The van der Waals surface area contributed by atoms with Crippen molar-refractivity contribution in [2.45, 2.75) is 69.7 Å². The molecule has 11 nitrogen and oxygen atoms in total. The van der Waals surface area contributed by atoms with E-state index in [9.17, 15) is 39.6 Å². The summed E-state index contributed by atoms with van der Waals surface area (Å²) in [6.07, 6.45) is -3.89. The molecule has 2 aromatic rings. The predicted molar refractivity (Wildman–Crippen MR) is 155 cm³/mol. The molecule has 10 atom stereocenters. The van der Waals surface area contributed by atoms with E-state index in [2.05, 4.69) is 0 Å². The van der Waals surface area contributed by atoms with Crippen LogP contribution in [0.1, 0.15) is 60.7 Å². The second kappa shape index (κ2) is 10.5. The van der Waals surface area contributed by atoms with Crippen molar-refractivity contribution in [1.82, 2.24) is 0 Å². The molecule has 0 unspecified atom stereocenters. The highest BCUT2D eigenvalue weighted by molar-refractivity contribution is 5.91. The van der Waals surface area contributed by atoms with Gasteiger partial charge in [0.15, 0.2) is 6.10 Å². The molecule has 2 aromatic carbocycles. The van der Waals surface area contributed by atoms with E-state index < -0.39 is 82.2 Å². The number of carboxylic acids is 1. The Kier molecular flexibility index (Phi) is 7.22. The molecule has 45 heavy (non-hydrogen) atoms. The van der Waals surface area contributed by atoms with Crippen molar-refractivity contribution >= 4 is 23.9 Å². The number of carboxylic acid groups (broad SMARTS) is 1. The molecule has 0 radical (unpaired) electrons. The third kappa shape index (κ3) is 4.28. The quantitative estimate of drug-likeness (QED) is 0.286. The molecular weight excluding hydrogens is 584 g/mol. The zero-order chi connectivity index (χ0) is 32.5. The molecule has 1 heterocycles. The largest absolute Gasteiger partial charge is 0.481 e. The fraction of sp³-hybridized carbons (Fsp3) is 0.471. The summed E-state index contributed by atoms with van der Waals surface area (Å²) in [7, 11) is 0. The van der Waals surface area contributed by atoms with Crippen molar-refractivity contribution in [2.75, 3.05) is 0 Å². The number of fused-ring (bicyclic) bond motifs is 4. The Morgan fingerprint density at radius 2 is 1.47 bits per heavy atom. The monoisotopic (exact) mass is 620 g/mol. The van der Waals surface area contributed by atoms with Crippen molar-refractivity contribution in [3.8, 4) is 0 Å². The van der Waals surface area contributed by atoms with Crippen LogP contribution in [-0.2, 0) is 23.8 Å².